The first-order valence-electron chi connectivity index (χ1n) is 13.5. The summed E-state index contributed by atoms with van der Waals surface area (Å²) in [4.78, 5) is 35.3. The number of aromatic nitrogens is 2. The molecule has 3 N–H and O–H groups in total. The topological polar surface area (TPSA) is 117 Å². The van der Waals surface area contributed by atoms with E-state index in [2.05, 4.69) is 28.5 Å². The molecule has 3 aliphatic rings. The van der Waals surface area contributed by atoms with Crippen LogP contribution in [0.25, 0.3) is 21.8 Å². The summed E-state index contributed by atoms with van der Waals surface area (Å²) in [6.07, 6.45) is 0.610. The minimum atomic E-state index is -1.18. The van der Waals surface area contributed by atoms with Crippen LogP contribution < -0.4 is 10.8 Å². The zero-order valence-electron chi connectivity index (χ0n) is 22.7. The molecule has 38 heavy (non-hydrogen) atoms. The quantitative estimate of drug-likeness (QED) is 0.440. The first-order chi connectivity index (χ1) is 17.9. The number of carbonyl (C=O) groups is 2. The van der Waals surface area contributed by atoms with Crippen molar-refractivity contribution >= 4 is 46.4 Å². The molecule has 2 amide bonds. The number of piperidine rings is 1. The number of nitrogens with one attached hydrogen (secondary N) is 2. The molecule has 4 atom stereocenters. The van der Waals surface area contributed by atoms with Crippen molar-refractivity contribution in [2.45, 2.75) is 83.7 Å². The van der Waals surface area contributed by atoms with Crippen LogP contribution in [-0.4, -0.2) is 62.4 Å². The summed E-state index contributed by atoms with van der Waals surface area (Å²) in [5, 5.41) is 13.8. The largest absolute Gasteiger partial charge is 0.494 e. The van der Waals surface area contributed by atoms with Crippen LogP contribution in [0.3, 0.4) is 0 Å². The summed E-state index contributed by atoms with van der Waals surface area (Å²) in [6, 6.07) is 9.44. The van der Waals surface area contributed by atoms with Gasteiger partial charge in [0.15, 0.2) is 0 Å². The van der Waals surface area contributed by atoms with Gasteiger partial charge in [0, 0.05) is 11.4 Å². The molecule has 10 heteroatoms. The van der Waals surface area contributed by atoms with Crippen LogP contribution in [0.15, 0.2) is 30.3 Å². The van der Waals surface area contributed by atoms with Gasteiger partial charge in [-0.3, -0.25) is 4.79 Å². The van der Waals surface area contributed by atoms with Crippen molar-refractivity contribution in [1.29, 1.82) is 0 Å². The fourth-order valence-corrected chi connectivity index (χ4v) is 5.95. The standard InChI is InChI=1S/C28H35BN4O5/c1-14(2)22(32-26(35)36)25(34)33-20-12-16(20)13-21(33)24-30-19-10-7-15-11-17(8-9-18(15)23(19)31-24)29-37-27(3,4)28(5,6)38-29/h7-11,14,16,20-22,32H,12-13H2,1-6H3,(H,30,31)(H,35,36)/t16-,20-,21+,22+/m1/s1. The maximum Gasteiger partial charge on any atom is 0.494 e. The van der Waals surface area contributed by atoms with Crippen molar-refractivity contribution in [3.63, 3.8) is 0 Å². The maximum absolute atomic E-state index is 13.6. The lowest BCUT2D eigenvalue weighted by molar-refractivity contribution is -0.136. The van der Waals surface area contributed by atoms with E-state index in [4.69, 9.17) is 14.3 Å². The fourth-order valence-electron chi connectivity index (χ4n) is 5.95. The summed E-state index contributed by atoms with van der Waals surface area (Å²) in [7, 11) is -0.437. The lowest BCUT2D eigenvalue weighted by atomic mass is 9.78. The summed E-state index contributed by atoms with van der Waals surface area (Å²) < 4.78 is 12.5. The van der Waals surface area contributed by atoms with Gasteiger partial charge in [0.25, 0.3) is 0 Å². The van der Waals surface area contributed by atoms with Gasteiger partial charge in [-0.2, -0.15) is 0 Å². The summed E-state index contributed by atoms with van der Waals surface area (Å²) >= 11 is 0. The number of likely N-dealkylation sites (tertiary alicyclic amines) is 1. The van der Waals surface area contributed by atoms with Crippen molar-refractivity contribution in [1.82, 2.24) is 20.2 Å². The molecule has 0 unspecified atom stereocenters. The first kappa shape index (κ1) is 25.2. The van der Waals surface area contributed by atoms with E-state index >= 15 is 0 Å². The lowest BCUT2D eigenvalue weighted by Crippen LogP contribution is -2.51. The smallest absolute Gasteiger partial charge is 0.465 e. The number of imidazole rings is 1. The molecular formula is C28H35BN4O5. The van der Waals surface area contributed by atoms with Crippen molar-refractivity contribution in [3.05, 3.63) is 36.2 Å². The van der Waals surface area contributed by atoms with E-state index in [-0.39, 0.29) is 23.9 Å². The summed E-state index contributed by atoms with van der Waals surface area (Å²) in [6.45, 7) is 11.9. The molecule has 3 heterocycles. The Labute approximate surface area is 222 Å². The normalized spacial score (nSPS) is 26.2. The number of nitrogens with zero attached hydrogens (tertiary/aromatic N) is 2. The monoisotopic (exact) mass is 518 g/mol. The molecule has 6 rings (SSSR count). The van der Waals surface area contributed by atoms with E-state index < -0.39 is 30.5 Å². The van der Waals surface area contributed by atoms with Gasteiger partial charge in [-0.15, -0.1) is 0 Å². The Morgan fingerprint density at radius 2 is 1.84 bits per heavy atom. The predicted octanol–water partition coefficient (Wildman–Crippen LogP) is 3.97. The zero-order valence-corrected chi connectivity index (χ0v) is 22.7. The Hall–Kier alpha value is -3.11. The predicted molar refractivity (Wildman–Crippen MR) is 145 cm³/mol. The number of hydrogen-bond donors (Lipinski definition) is 3. The van der Waals surface area contributed by atoms with E-state index in [0.717, 1.165) is 45.9 Å². The Kier molecular flexibility index (Phi) is 5.60. The van der Waals surface area contributed by atoms with Crippen molar-refractivity contribution in [2.24, 2.45) is 11.8 Å². The molecule has 1 saturated carbocycles. The Bertz CT molecular complexity index is 1430. The Morgan fingerprint density at radius 3 is 2.50 bits per heavy atom. The number of amides is 2. The van der Waals surface area contributed by atoms with Crippen LogP contribution in [0.2, 0.25) is 0 Å². The van der Waals surface area contributed by atoms with Gasteiger partial charge in [0.2, 0.25) is 5.91 Å². The SMILES string of the molecule is CC(C)[C@H](NC(=O)O)C(=O)N1[C@@H]2C[C@@H]2C[C@H]1c1nc2c(ccc3cc(B4OC(C)(C)C(C)(C)O4)ccc32)[nH]1. The Balaban J connectivity index is 1.32. The second-order valence-electron chi connectivity index (χ2n) is 12.4. The minimum Gasteiger partial charge on any atom is -0.465 e. The van der Waals surface area contributed by atoms with Crippen LogP contribution in [0.1, 0.15) is 66.3 Å². The molecule has 3 aromatic rings. The molecule has 2 aliphatic heterocycles. The molecule has 1 aliphatic carbocycles. The lowest BCUT2D eigenvalue weighted by Gasteiger charge is -2.32. The molecule has 9 nitrogen and oxygen atoms in total. The number of carboxylic acid groups (broad SMARTS) is 1. The van der Waals surface area contributed by atoms with Crippen molar-refractivity contribution < 1.29 is 24.0 Å². The highest BCUT2D eigenvalue weighted by molar-refractivity contribution is 6.62. The van der Waals surface area contributed by atoms with Gasteiger partial charge in [-0.05, 0) is 69.3 Å². The van der Waals surface area contributed by atoms with E-state index in [9.17, 15) is 14.7 Å². The van der Waals surface area contributed by atoms with E-state index in [0.29, 0.717) is 5.92 Å². The molecule has 1 aromatic heterocycles. The number of hydrogen-bond acceptors (Lipinski definition) is 5. The van der Waals surface area contributed by atoms with Crippen LogP contribution in [0.5, 0.6) is 0 Å². The average Bonchev–Trinajstić information content (AvgIpc) is 3.19. The maximum atomic E-state index is 13.6. The van der Waals surface area contributed by atoms with Gasteiger partial charge in [0.1, 0.15) is 11.9 Å². The van der Waals surface area contributed by atoms with Gasteiger partial charge in [0.05, 0.1) is 28.3 Å². The van der Waals surface area contributed by atoms with Crippen LogP contribution in [0.4, 0.5) is 4.79 Å². The zero-order chi connectivity index (χ0) is 27.1. The van der Waals surface area contributed by atoms with Gasteiger partial charge >= 0.3 is 13.2 Å². The number of benzene rings is 2. The number of aromatic amines is 1. The minimum absolute atomic E-state index is 0.150. The van der Waals surface area contributed by atoms with Crippen LogP contribution in [-0.2, 0) is 14.1 Å². The van der Waals surface area contributed by atoms with Crippen LogP contribution >= 0.6 is 0 Å². The van der Waals surface area contributed by atoms with Gasteiger partial charge in [-0.25, -0.2) is 9.78 Å². The van der Waals surface area contributed by atoms with E-state index in [1.165, 1.54) is 0 Å². The Morgan fingerprint density at radius 1 is 1.13 bits per heavy atom. The third-order valence-electron chi connectivity index (χ3n) is 8.92. The molecule has 0 spiro atoms. The number of carbonyl (C=O) groups excluding carboxylic acids is 1. The van der Waals surface area contributed by atoms with Crippen molar-refractivity contribution in [2.75, 3.05) is 0 Å². The van der Waals surface area contributed by atoms with Crippen LogP contribution in [0, 0.1) is 11.8 Å². The molecule has 2 saturated heterocycles. The fraction of sp³-hybridized carbons (Fsp3) is 0.536. The van der Waals surface area contributed by atoms with Crippen molar-refractivity contribution in [3.8, 4) is 0 Å². The van der Waals surface area contributed by atoms with E-state index in [1.807, 2.05) is 58.6 Å². The summed E-state index contributed by atoms with van der Waals surface area (Å²) in [5.74, 6) is 0.861. The third kappa shape index (κ3) is 3.96. The highest BCUT2D eigenvalue weighted by atomic mass is 16.7. The highest BCUT2D eigenvalue weighted by Gasteiger charge is 2.56. The first-order valence-corrected chi connectivity index (χ1v) is 13.5. The summed E-state index contributed by atoms with van der Waals surface area (Å²) in [5.41, 5.74) is 1.91. The second-order valence-corrected chi connectivity index (χ2v) is 12.4. The van der Waals surface area contributed by atoms with Gasteiger partial charge < -0.3 is 29.6 Å². The number of H-pyrrole nitrogens is 1. The average molecular weight is 518 g/mol. The number of rotatable bonds is 5. The molecule has 0 bridgehead atoms. The third-order valence-corrected chi connectivity index (χ3v) is 8.92. The molecule has 200 valence electrons. The molecule has 2 aromatic carbocycles. The van der Waals surface area contributed by atoms with E-state index in [1.54, 1.807) is 0 Å². The molecular weight excluding hydrogens is 483 g/mol. The number of fused-ring (bicyclic) bond motifs is 4. The second kappa shape index (κ2) is 8.45. The molecule has 0 radical (unpaired) electrons. The highest BCUT2D eigenvalue weighted by Crippen LogP contribution is 2.53. The molecule has 3 fully saturated rings. The van der Waals surface area contributed by atoms with Gasteiger partial charge in [-0.1, -0.05) is 38.1 Å².